The summed E-state index contributed by atoms with van der Waals surface area (Å²) in [6.07, 6.45) is 0.881. The van der Waals surface area contributed by atoms with E-state index in [1.165, 1.54) is 17.1 Å². The van der Waals surface area contributed by atoms with Crippen LogP contribution in [0.25, 0.3) is 0 Å². The minimum Gasteiger partial charge on any atom is -0.313 e. The molecule has 1 N–H and O–H groups in total. The molecule has 0 amide bonds. The zero-order valence-electron chi connectivity index (χ0n) is 11.7. The van der Waals surface area contributed by atoms with E-state index in [-0.39, 0.29) is 0 Å². The summed E-state index contributed by atoms with van der Waals surface area (Å²) in [6.45, 7) is 8.03. The Morgan fingerprint density at radius 3 is 2.79 bits per heavy atom. The molecule has 0 atom stereocenters. The molecule has 0 aliphatic carbocycles. The molecule has 0 aliphatic rings. The van der Waals surface area contributed by atoms with Crippen LogP contribution in [-0.4, -0.2) is 25.7 Å². The third-order valence-electron chi connectivity index (χ3n) is 2.79. The molecule has 0 unspecified atom stereocenters. The van der Waals surface area contributed by atoms with E-state index in [0.29, 0.717) is 0 Å². The third-order valence-corrected chi connectivity index (χ3v) is 4.78. The van der Waals surface area contributed by atoms with E-state index in [1.54, 1.807) is 11.8 Å². The fourth-order valence-corrected chi connectivity index (χ4v) is 3.60. The molecule has 5 nitrogen and oxygen atoms in total. The first-order valence-corrected chi connectivity index (χ1v) is 7.98. The molecule has 0 saturated heterocycles. The monoisotopic (exact) mass is 297 g/mol. The van der Waals surface area contributed by atoms with Gasteiger partial charge in [0.25, 0.3) is 0 Å². The van der Waals surface area contributed by atoms with Gasteiger partial charge in [-0.2, -0.15) is 9.47 Å². The lowest BCUT2D eigenvalue weighted by molar-refractivity contribution is 0.673. The molecule has 0 aromatic carbocycles. The van der Waals surface area contributed by atoms with Crippen molar-refractivity contribution in [1.29, 1.82) is 0 Å². The molecule has 2 aromatic rings. The normalized spacial score (nSPS) is 11.2. The molecule has 0 radical (unpaired) electrons. The Bertz CT molecular complexity index is 546. The summed E-state index contributed by atoms with van der Waals surface area (Å²) in [5.74, 6) is 0.916. The number of aromatic nitrogens is 4. The van der Waals surface area contributed by atoms with Crippen molar-refractivity contribution in [1.82, 2.24) is 24.5 Å². The Labute approximate surface area is 122 Å². The fourth-order valence-electron chi connectivity index (χ4n) is 1.77. The van der Waals surface area contributed by atoms with E-state index >= 15 is 0 Å². The van der Waals surface area contributed by atoms with Crippen LogP contribution < -0.4 is 5.32 Å². The highest BCUT2D eigenvalue weighted by Gasteiger charge is 2.16. The highest BCUT2D eigenvalue weighted by molar-refractivity contribution is 8.00. The van der Waals surface area contributed by atoms with Crippen molar-refractivity contribution < 1.29 is 0 Å². The Kier molecular flexibility index (Phi) is 4.95. The lowest BCUT2D eigenvalue weighted by Gasteiger charge is -2.04. The largest absolute Gasteiger partial charge is 0.313 e. The summed E-state index contributed by atoms with van der Waals surface area (Å²) in [5, 5.41) is 9.01. The van der Waals surface area contributed by atoms with E-state index in [2.05, 4.69) is 33.6 Å². The number of rotatable bonds is 6. The van der Waals surface area contributed by atoms with Crippen molar-refractivity contribution in [2.24, 2.45) is 7.05 Å². The molecule has 2 rings (SSSR count). The average molecular weight is 297 g/mol. The van der Waals surface area contributed by atoms with Crippen molar-refractivity contribution in [3.8, 4) is 0 Å². The van der Waals surface area contributed by atoms with Crippen LogP contribution in [0.15, 0.2) is 9.37 Å². The topological polar surface area (TPSA) is 55.6 Å². The van der Waals surface area contributed by atoms with Crippen molar-refractivity contribution in [2.45, 2.75) is 43.1 Å². The van der Waals surface area contributed by atoms with Crippen molar-refractivity contribution in [2.75, 3.05) is 6.54 Å². The average Bonchev–Trinajstić information content (AvgIpc) is 2.94. The lowest BCUT2D eigenvalue weighted by Crippen LogP contribution is -2.12. The van der Waals surface area contributed by atoms with Gasteiger partial charge in [0.1, 0.15) is 10.9 Å². The van der Waals surface area contributed by atoms with E-state index in [0.717, 1.165) is 40.4 Å². The Morgan fingerprint density at radius 2 is 2.16 bits per heavy atom. The van der Waals surface area contributed by atoms with Crippen LogP contribution >= 0.6 is 23.3 Å². The van der Waals surface area contributed by atoms with Crippen LogP contribution in [-0.2, 0) is 20.0 Å². The minimum absolute atomic E-state index is 0.845. The van der Waals surface area contributed by atoms with Crippen LogP contribution in [0, 0.1) is 6.92 Å². The first-order chi connectivity index (χ1) is 9.15. The highest BCUT2D eigenvalue weighted by atomic mass is 32.2. The van der Waals surface area contributed by atoms with E-state index in [9.17, 15) is 0 Å². The minimum atomic E-state index is 0.845. The van der Waals surface area contributed by atoms with Gasteiger partial charge in [-0.3, -0.25) is 4.68 Å². The van der Waals surface area contributed by atoms with E-state index in [4.69, 9.17) is 0 Å². The molecular weight excluding hydrogens is 278 g/mol. The Morgan fingerprint density at radius 1 is 1.37 bits per heavy atom. The predicted octanol–water partition coefficient (Wildman–Crippen LogP) is 2.40. The zero-order valence-corrected chi connectivity index (χ0v) is 13.4. The molecule has 0 saturated carbocycles. The van der Waals surface area contributed by atoms with Crippen molar-refractivity contribution >= 4 is 23.3 Å². The van der Waals surface area contributed by atoms with Gasteiger partial charge in [0.05, 0.1) is 5.69 Å². The maximum absolute atomic E-state index is 4.50. The van der Waals surface area contributed by atoms with Crippen LogP contribution in [0.3, 0.4) is 0 Å². The number of nitrogens with one attached hydrogen (secondary N) is 1. The molecule has 0 aliphatic heterocycles. The molecule has 2 heterocycles. The molecule has 0 spiro atoms. The molecule has 104 valence electrons. The molecule has 0 bridgehead atoms. The smallest absolute Gasteiger partial charge is 0.176 e. The second kappa shape index (κ2) is 6.49. The van der Waals surface area contributed by atoms with Crippen LogP contribution in [0.4, 0.5) is 0 Å². The molecular formula is C12H19N5S2. The first kappa shape index (κ1) is 14.5. The molecule has 19 heavy (non-hydrogen) atoms. The van der Waals surface area contributed by atoms with Crippen LogP contribution in [0.1, 0.15) is 30.9 Å². The predicted molar refractivity (Wildman–Crippen MR) is 78.7 cm³/mol. The van der Waals surface area contributed by atoms with Crippen molar-refractivity contribution in [3.05, 3.63) is 17.1 Å². The van der Waals surface area contributed by atoms with Gasteiger partial charge < -0.3 is 5.32 Å². The molecule has 2 aromatic heterocycles. The van der Waals surface area contributed by atoms with Gasteiger partial charge in [-0.1, -0.05) is 13.8 Å². The summed E-state index contributed by atoms with van der Waals surface area (Å²) < 4.78 is 7.24. The molecule has 7 heteroatoms. The Balaban J connectivity index is 2.22. The quantitative estimate of drug-likeness (QED) is 0.887. The van der Waals surface area contributed by atoms with E-state index < -0.39 is 0 Å². The first-order valence-electron chi connectivity index (χ1n) is 6.39. The number of nitrogens with zero attached hydrogens (tertiary/aromatic N) is 4. The van der Waals surface area contributed by atoms with Gasteiger partial charge in [-0.05, 0) is 36.8 Å². The van der Waals surface area contributed by atoms with Crippen molar-refractivity contribution in [3.63, 3.8) is 0 Å². The van der Waals surface area contributed by atoms with Crippen LogP contribution in [0.2, 0.25) is 0 Å². The molecule has 0 fully saturated rings. The zero-order chi connectivity index (χ0) is 13.8. The lowest BCUT2D eigenvalue weighted by atomic mass is 10.2. The maximum Gasteiger partial charge on any atom is 0.176 e. The number of hydrogen-bond donors (Lipinski definition) is 1. The van der Waals surface area contributed by atoms with Gasteiger partial charge in [-0.25, -0.2) is 4.98 Å². The SMILES string of the molecule is CCNCc1c(C)nn(C)c1Sc1nc(CC)ns1. The third kappa shape index (κ3) is 3.34. The standard InChI is InChI=1S/C12H19N5S2/c1-5-10-14-12(19-16-10)18-11-9(7-13-6-2)8(3)15-17(11)4/h13H,5-7H2,1-4H3. The second-order valence-electron chi connectivity index (χ2n) is 4.21. The van der Waals surface area contributed by atoms with Crippen LogP contribution in [0.5, 0.6) is 0 Å². The summed E-state index contributed by atoms with van der Waals surface area (Å²) >= 11 is 3.11. The van der Waals surface area contributed by atoms with Gasteiger partial charge in [0, 0.05) is 25.6 Å². The van der Waals surface area contributed by atoms with Gasteiger partial charge in [-0.15, -0.1) is 0 Å². The second-order valence-corrected chi connectivity index (χ2v) is 6.19. The fraction of sp³-hybridized carbons (Fsp3) is 0.583. The number of aryl methyl sites for hydroxylation is 3. The number of hydrogen-bond acceptors (Lipinski definition) is 6. The summed E-state index contributed by atoms with van der Waals surface area (Å²) in [4.78, 5) is 4.50. The Hall–Kier alpha value is -0.920. The summed E-state index contributed by atoms with van der Waals surface area (Å²) in [7, 11) is 1.98. The maximum atomic E-state index is 4.50. The van der Waals surface area contributed by atoms with Gasteiger partial charge in [0.15, 0.2) is 4.34 Å². The summed E-state index contributed by atoms with van der Waals surface area (Å²) in [6, 6.07) is 0. The van der Waals surface area contributed by atoms with Gasteiger partial charge >= 0.3 is 0 Å². The van der Waals surface area contributed by atoms with Gasteiger partial charge in [0.2, 0.25) is 0 Å². The van der Waals surface area contributed by atoms with E-state index in [1.807, 2.05) is 18.7 Å². The summed E-state index contributed by atoms with van der Waals surface area (Å²) in [5.41, 5.74) is 2.33. The highest BCUT2D eigenvalue weighted by Crippen LogP contribution is 2.32.